The highest BCUT2D eigenvalue weighted by atomic mass is 79.9. The number of hydrogen-bond donors (Lipinski definition) is 0. The molecule has 3 heteroatoms. The Bertz CT molecular complexity index is 482. The lowest BCUT2D eigenvalue weighted by atomic mass is 10.1. The molecular formula is C14H11BrO2. The smallest absolute Gasteiger partial charge is 0.329 e. The number of ether oxygens (including phenoxy) is 1. The topological polar surface area (TPSA) is 26.3 Å². The number of carbonyl (C=O) groups excluding carboxylic acids is 1. The van der Waals surface area contributed by atoms with E-state index in [0.717, 1.165) is 5.56 Å². The lowest BCUT2D eigenvalue weighted by Gasteiger charge is -2.09. The van der Waals surface area contributed by atoms with Crippen LogP contribution in [-0.4, -0.2) is 5.97 Å². The van der Waals surface area contributed by atoms with Crippen LogP contribution in [0, 0.1) is 0 Å². The molecule has 0 spiro atoms. The van der Waals surface area contributed by atoms with Gasteiger partial charge in [-0.3, -0.25) is 4.79 Å². The fraction of sp³-hybridized carbons (Fsp3) is 0.0714. The Kier molecular flexibility index (Phi) is 3.94. The molecule has 1 unspecified atom stereocenters. The van der Waals surface area contributed by atoms with Crippen LogP contribution in [0.2, 0.25) is 0 Å². The van der Waals surface area contributed by atoms with Crippen molar-refractivity contribution < 1.29 is 9.53 Å². The molecule has 2 nitrogen and oxygen atoms in total. The van der Waals surface area contributed by atoms with Gasteiger partial charge in [0, 0.05) is 0 Å². The molecular weight excluding hydrogens is 280 g/mol. The number of halogens is 1. The molecule has 1 atom stereocenters. The summed E-state index contributed by atoms with van der Waals surface area (Å²) in [6.45, 7) is 0. The van der Waals surface area contributed by atoms with Gasteiger partial charge >= 0.3 is 5.97 Å². The molecule has 0 saturated heterocycles. The summed E-state index contributed by atoms with van der Waals surface area (Å²) >= 11 is 3.33. The van der Waals surface area contributed by atoms with Gasteiger partial charge in [-0.2, -0.15) is 0 Å². The van der Waals surface area contributed by atoms with Crippen LogP contribution in [0.5, 0.6) is 5.75 Å². The van der Waals surface area contributed by atoms with Crippen LogP contribution in [0.3, 0.4) is 0 Å². The van der Waals surface area contributed by atoms with Gasteiger partial charge in [-0.25, -0.2) is 0 Å². The van der Waals surface area contributed by atoms with E-state index in [4.69, 9.17) is 4.74 Å². The summed E-state index contributed by atoms with van der Waals surface area (Å²) < 4.78 is 5.24. The van der Waals surface area contributed by atoms with Gasteiger partial charge in [-0.1, -0.05) is 64.5 Å². The number of rotatable bonds is 3. The Balaban J connectivity index is 2.06. The van der Waals surface area contributed by atoms with Gasteiger partial charge in [-0.15, -0.1) is 0 Å². The summed E-state index contributed by atoms with van der Waals surface area (Å²) in [4.78, 5) is 11.4. The summed E-state index contributed by atoms with van der Waals surface area (Å²) in [5, 5.41) is 0. The number of hydrogen-bond acceptors (Lipinski definition) is 2. The van der Waals surface area contributed by atoms with Gasteiger partial charge in [-0.05, 0) is 17.7 Å². The van der Waals surface area contributed by atoms with Crippen molar-refractivity contribution in [2.75, 3.05) is 0 Å². The van der Waals surface area contributed by atoms with Crippen molar-refractivity contribution in [3.05, 3.63) is 66.2 Å². The fourth-order valence-corrected chi connectivity index (χ4v) is 1.81. The molecule has 0 bridgehead atoms. The third-order valence-electron chi connectivity index (χ3n) is 2.26. The minimum absolute atomic E-state index is 0.317. The predicted octanol–water partition coefficient (Wildman–Crippen LogP) is 3.73. The summed E-state index contributed by atoms with van der Waals surface area (Å²) in [6, 6.07) is 18.5. The lowest BCUT2D eigenvalue weighted by Crippen LogP contribution is -2.13. The normalized spacial score (nSPS) is 11.8. The molecule has 0 heterocycles. The molecule has 0 N–H and O–H groups in total. The Labute approximate surface area is 108 Å². The Hall–Kier alpha value is -1.61. The van der Waals surface area contributed by atoms with E-state index in [1.807, 2.05) is 48.5 Å². The zero-order chi connectivity index (χ0) is 12.1. The summed E-state index contributed by atoms with van der Waals surface area (Å²) in [5.41, 5.74) is 0.883. The summed E-state index contributed by atoms with van der Waals surface area (Å²) in [6.07, 6.45) is 0. The van der Waals surface area contributed by atoms with Gasteiger partial charge in [0.2, 0.25) is 0 Å². The molecule has 17 heavy (non-hydrogen) atoms. The van der Waals surface area contributed by atoms with Gasteiger partial charge < -0.3 is 4.74 Å². The quantitative estimate of drug-likeness (QED) is 0.489. The van der Waals surface area contributed by atoms with E-state index in [2.05, 4.69) is 15.9 Å². The van der Waals surface area contributed by atoms with E-state index < -0.39 is 4.83 Å². The minimum atomic E-state index is -0.441. The summed E-state index contributed by atoms with van der Waals surface area (Å²) in [7, 11) is 0. The van der Waals surface area contributed by atoms with E-state index in [0.29, 0.717) is 5.75 Å². The highest BCUT2D eigenvalue weighted by Gasteiger charge is 2.18. The van der Waals surface area contributed by atoms with Gasteiger partial charge in [0.05, 0.1) is 0 Å². The molecule has 86 valence electrons. The maximum Gasteiger partial charge on any atom is 0.329 e. The highest BCUT2D eigenvalue weighted by Crippen LogP contribution is 2.24. The Morgan fingerprint density at radius 2 is 1.47 bits per heavy atom. The van der Waals surface area contributed by atoms with Crippen LogP contribution in [-0.2, 0) is 4.79 Å². The molecule has 2 rings (SSSR count). The minimum Gasteiger partial charge on any atom is -0.425 e. The van der Waals surface area contributed by atoms with Crippen molar-refractivity contribution >= 4 is 21.9 Å². The molecule has 0 amide bonds. The van der Waals surface area contributed by atoms with Gasteiger partial charge in [0.25, 0.3) is 0 Å². The van der Waals surface area contributed by atoms with E-state index in [-0.39, 0.29) is 5.97 Å². The van der Waals surface area contributed by atoms with Crippen LogP contribution in [0.15, 0.2) is 60.7 Å². The fourth-order valence-electron chi connectivity index (χ4n) is 1.41. The van der Waals surface area contributed by atoms with E-state index in [9.17, 15) is 4.79 Å². The van der Waals surface area contributed by atoms with E-state index in [1.54, 1.807) is 12.1 Å². The Morgan fingerprint density at radius 1 is 0.941 bits per heavy atom. The van der Waals surface area contributed by atoms with Crippen LogP contribution in [0.4, 0.5) is 0 Å². The first-order valence-corrected chi connectivity index (χ1v) is 6.14. The second kappa shape index (κ2) is 5.64. The van der Waals surface area contributed by atoms with E-state index in [1.165, 1.54) is 0 Å². The first-order valence-electron chi connectivity index (χ1n) is 5.23. The van der Waals surface area contributed by atoms with Crippen LogP contribution in [0.25, 0.3) is 0 Å². The molecule has 0 radical (unpaired) electrons. The number of benzene rings is 2. The third-order valence-corrected chi connectivity index (χ3v) is 3.16. The molecule has 0 aromatic heterocycles. The first-order chi connectivity index (χ1) is 8.27. The average molecular weight is 291 g/mol. The monoisotopic (exact) mass is 290 g/mol. The zero-order valence-corrected chi connectivity index (χ0v) is 10.6. The molecule has 0 aliphatic rings. The molecule has 0 aliphatic carbocycles. The van der Waals surface area contributed by atoms with Crippen LogP contribution < -0.4 is 4.74 Å². The van der Waals surface area contributed by atoms with Crippen molar-refractivity contribution in [2.45, 2.75) is 4.83 Å². The van der Waals surface area contributed by atoms with Crippen molar-refractivity contribution in [1.82, 2.24) is 0 Å². The zero-order valence-electron chi connectivity index (χ0n) is 9.05. The number of para-hydroxylation sites is 1. The average Bonchev–Trinajstić information content (AvgIpc) is 2.40. The SMILES string of the molecule is O=C(Oc1ccccc1)C(Br)c1ccccc1. The lowest BCUT2D eigenvalue weighted by molar-refractivity contribution is -0.133. The molecule has 0 fully saturated rings. The van der Waals surface area contributed by atoms with Crippen molar-refractivity contribution in [3.63, 3.8) is 0 Å². The third kappa shape index (κ3) is 3.17. The van der Waals surface area contributed by atoms with Crippen LogP contribution in [0.1, 0.15) is 10.4 Å². The van der Waals surface area contributed by atoms with Gasteiger partial charge in [0.15, 0.2) is 0 Å². The van der Waals surface area contributed by atoms with Crippen molar-refractivity contribution in [3.8, 4) is 5.75 Å². The standard InChI is InChI=1S/C14H11BrO2/c15-13(11-7-3-1-4-8-11)14(16)17-12-9-5-2-6-10-12/h1-10,13H. The van der Waals surface area contributed by atoms with Crippen LogP contribution >= 0.6 is 15.9 Å². The largest absolute Gasteiger partial charge is 0.425 e. The summed E-state index contributed by atoms with van der Waals surface area (Å²) in [5.74, 6) is 0.236. The van der Waals surface area contributed by atoms with Gasteiger partial charge in [0.1, 0.15) is 10.6 Å². The Morgan fingerprint density at radius 3 is 2.06 bits per heavy atom. The second-order valence-electron chi connectivity index (χ2n) is 3.51. The number of alkyl halides is 1. The highest BCUT2D eigenvalue weighted by molar-refractivity contribution is 9.09. The van der Waals surface area contributed by atoms with Crippen molar-refractivity contribution in [1.29, 1.82) is 0 Å². The number of carbonyl (C=O) groups is 1. The van der Waals surface area contributed by atoms with E-state index >= 15 is 0 Å². The number of esters is 1. The maximum absolute atomic E-state index is 11.8. The van der Waals surface area contributed by atoms with Crippen molar-refractivity contribution in [2.24, 2.45) is 0 Å². The second-order valence-corrected chi connectivity index (χ2v) is 4.42. The molecule has 0 aliphatic heterocycles. The predicted molar refractivity (Wildman–Crippen MR) is 70.2 cm³/mol. The first kappa shape index (κ1) is 11.9. The maximum atomic E-state index is 11.8. The molecule has 2 aromatic carbocycles. The molecule has 0 saturated carbocycles. The molecule has 2 aromatic rings.